The molecule has 2 heterocycles. The topological polar surface area (TPSA) is 93.5 Å². The molecule has 0 atom stereocenters. The Bertz CT molecular complexity index is 1810. The molecule has 0 fully saturated rings. The van der Waals surface area contributed by atoms with E-state index >= 15 is 0 Å². The van der Waals surface area contributed by atoms with Crippen LogP contribution in [0.1, 0.15) is 10.4 Å². The van der Waals surface area contributed by atoms with Crippen LogP contribution in [-0.2, 0) is 7.05 Å². The molecule has 5 aromatic rings. The number of aromatic amines is 1. The summed E-state index contributed by atoms with van der Waals surface area (Å²) in [6.07, 6.45) is 0. The first kappa shape index (κ1) is 25.9. The third kappa shape index (κ3) is 5.19. The molecule has 0 spiro atoms. The number of nitrogens with one attached hydrogen (secondary N) is 1. The molecule has 10 heteroatoms. The van der Waals surface area contributed by atoms with Crippen LogP contribution in [-0.4, -0.2) is 27.9 Å². The zero-order chi connectivity index (χ0) is 27.7. The summed E-state index contributed by atoms with van der Waals surface area (Å²) in [4.78, 5) is 27.1. The van der Waals surface area contributed by atoms with Gasteiger partial charge < -0.3 is 19.1 Å². The summed E-state index contributed by atoms with van der Waals surface area (Å²) >= 11 is 0.867. The van der Waals surface area contributed by atoms with E-state index in [2.05, 4.69) is 11.6 Å². The first-order valence-corrected chi connectivity index (χ1v) is 12.6. The Balaban J connectivity index is 1.34. The predicted molar refractivity (Wildman–Crippen MR) is 147 cm³/mol. The summed E-state index contributed by atoms with van der Waals surface area (Å²) in [6.45, 7) is 4.07. The van der Waals surface area contributed by atoms with E-state index < -0.39 is 17.1 Å². The van der Waals surface area contributed by atoms with Gasteiger partial charge in [0.25, 0.3) is 0 Å². The van der Waals surface area contributed by atoms with E-state index in [1.54, 1.807) is 35.9 Å². The first-order valence-electron chi connectivity index (χ1n) is 11.8. The molecule has 0 amide bonds. The number of aromatic nitrogens is 2. The second kappa shape index (κ2) is 10.6. The number of pyridine rings is 1. The molecule has 0 radical (unpaired) electrons. The van der Waals surface area contributed by atoms with Crippen molar-refractivity contribution in [2.24, 2.45) is 7.05 Å². The minimum absolute atomic E-state index is 0.0236. The molecule has 7 nitrogen and oxygen atoms in total. The van der Waals surface area contributed by atoms with Crippen LogP contribution in [0, 0.1) is 11.6 Å². The Kier molecular flexibility index (Phi) is 7.03. The Labute approximate surface area is 224 Å². The maximum absolute atomic E-state index is 14.0. The number of aryl methyl sites for hydroxylation is 1. The van der Waals surface area contributed by atoms with Gasteiger partial charge in [-0.1, -0.05) is 30.0 Å². The van der Waals surface area contributed by atoms with Gasteiger partial charge in [0, 0.05) is 18.0 Å². The van der Waals surface area contributed by atoms with Gasteiger partial charge in [0.05, 0.1) is 16.1 Å². The summed E-state index contributed by atoms with van der Waals surface area (Å²) in [5.74, 6) is -0.565. The smallest absolute Gasteiger partial charge is 0.307 e. The summed E-state index contributed by atoms with van der Waals surface area (Å²) in [6, 6.07) is 16.4. The average Bonchev–Trinajstić information content (AvgIpc) is 3.27. The fourth-order valence-electron chi connectivity index (χ4n) is 4.25. The quantitative estimate of drug-likeness (QED) is 0.251. The lowest BCUT2D eigenvalue weighted by Gasteiger charge is -2.18. The predicted octanol–water partition coefficient (Wildman–Crippen LogP) is 5.46. The van der Waals surface area contributed by atoms with Gasteiger partial charge in [-0.05, 0) is 65.7 Å². The lowest BCUT2D eigenvalue weighted by Crippen LogP contribution is -2.18. The van der Waals surface area contributed by atoms with Crippen molar-refractivity contribution in [3.63, 3.8) is 0 Å². The molecule has 0 aliphatic carbocycles. The third-order valence-electron chi connectivity index (χ3n) is 6.15. The number of aromatic hydroxyl groups is 1. The van der Waals surface area contributed by atoms with Gasteiger partial charge >= 0.3 is 4.87 Å². The highest BCUT2D eigenvalue weighted by molar-refractivity contribution is 7.10. The molecule has 0 aliphatic heterocycles. The van der Waals surface area contributed by atoms with Gasteiger partial charge in [-0.2, -0.15) is 0 Å². The van der Waals surface area contributed by atoms with Crippen LogP contribution >= 0.6 is 11.3 Å². The van der Waals surface area contributed by atoms with Crippen molar-refractivity contribution in [3.8, 4) is 28.6 Å². The third-order valence-corrected chi connectivity index (χ3v) is 7.08. The molecule has 3 aromatic carbocycles. The second-order valence-corrected chi connectivity index (χ2v) is 9.61. The van der Waals surface area contributed by atoms with Crippen LogP contribution in [0.15, 0.2) is 82.9 Å². The number of hydrogen-bond donors (Lipinski definition) is 2. The highest BCUT2D eigenvalue weighted by Crippen LogP contribution is 2.32. The number of thiazole rings is 1. The van der Waals surface area contributed by atoms with Crippen LogP contribution in [0.4, 0.5) is 8.78 Å². The van der Waals surface area contributed by atoms with Gasteiger partial charge in [-0.25, -0.2) is 8.78 Å². The maximum atomic E-state index is 14.0. The highest BCUT2D eigenvalue weighted by Gasteiger charge is 2.19. The minimum atomic E-state index is -0.486. The maximum Gasteiger partial charge on any atom is 0.307 e. The highest BCUT2D eigenvalue weighted by atomic mass is 32.1. The number of hydrogen-bond acceptors (Lipinski definition) is 6. The average molecular weight is 549 g/mol. The molecule has 198 valence electrons. The minimum Gasteiger partial charge on any atom is -0.493 e. The zero-order valence-corrected chi connectivity index (χ0v) is 21.5. The Morgan fingerprint density at radius 3 is 2.31 bits per heavy atom. The van der Waals surface area contributed by atoms with Gasteiger partial charge in [0.1, 0.15) is 30.6 Å². The fraction of sp³-hybridized carbons (Fsp3) is 0.103. The van der Waals surface area contributed by atoms with Gasteiger partial charge in [-0.3, -0.25) is 14.6 Å². The number of fused-ring (bicyclic) bond motifs is 1. The van der Waals surface area contributed by atoms with E-state index in [0.717, 1.165) is 11.3 Å². The molecular formula is C29H22F2N2O5S. The molecule has 5 rings (SSSR count). The van der Waals surface area contributed by atoms with E-state index in [9.17, 15) is 23.5 Å². The van der Waals surface area contributed by atoms with Gasteiger partial charge in [0.2, 0.25) is 11.3 Å². The number of rotatable bonds is 8. The van der Waals surface area contributed by atoms with Crippen LogP contribution in [0.25, 0.3) is 27.7 Å². The summed E-state index contributed by atoms with van der Waals surface area (Å²) < 4.78 is 40.9. The first-order chi connectivity index (χ1) is 18.7. The van der Waals surface area contributed by atoms with Crippen LogP contribution < -0.4 is 19.8 Å². The molecular weight excluding hydrogens is 526 g/mol. The van der Waals surface area contributed by atoms with Crippen LogP contribution in [0.3, 0.4) is 0 Å². The van der Waals surface area contributed by atoms with Crippen LogP contribution in [0.5, 0.6) is 17.4 Å². The van der Waals surface area contributed by atoms with E-state index in [1.807, 2.05) is 0 Å². The number of H-pyrrole nitrogens is 1. The van der Waals surface area contributed by atoms with Gasteiger partial charge in [0.15, 0.2) is 5.75 Å². The molecule has 0 saturated heterocycles. The lowest BCUT2D eigenvalue weighted by molar-refractivity contribution is 0.216. The normalized spacial score (nSPS) is 11.1. The van der Waals surface area contributed by atoms with E-state index in [4.69, 9.17) is 9.47 Å². The molecule has 2 N–H and O–H groups in total. The second-order valence-electron chi connectivity index (χ2n) is 8.63. The molecule has 0 bridgehead atoms. The van der Waals surface area contributed by atoms with E-state index in [-0.39, 0.29) is 35.1 Å². The summed E-state index contributed by atoms with van der Waals surface area (Å²) in [7, 11) is 1.69. The van der Waals surface area contributed by atoms with Crippen molar-refractivity contribution in [2.45, 2.75) is 0 Å². The summed E-state index contributed by atoms with van der Waals surface area (Å²) in [5.41, 5.74) is 2.07. The monoisotopic (exact) mass is 548 g/mol. The summed E-state index contributed by atoms with van der Waals surface area (Å²) in [5, 5.41) is 10.2. The molecule has 0 unspecified atom stereocenters. The van der Waals surface area contributed by atoms with Crippen molar-refractivity contribution in [1.29, 1.82) is 0 Å². The molecule has 2 aromatic heterocycles. The van der Waals surface area contributed by atoms with Crippen molar-refractivity contribution in [1.82, 2.24) is 9.55 Å². The Morgan fingerprint density at radius 1 is 0.974 bits per heavy atom. The molecule has 0 aliphatic rings. The SMILES string of the molecule is C=C(c1ccc(OCCOc2c(-c3ccc(F)cc3)n(C)c3cc(F)ccc3c2=O)cc1)c1sc(=O)[nH]c1O. The Hall–Kier alpha value is -4.70. The molecule has 39 heavy (non-hydrogen) atoms. The zero-order valence-electron chi connectivity index (χ0n) is 20.7. The standard InChI is InChI=1S/C29H22F2N2O5S/c1-16(27-28(35)32-29(36)39-27)17-5-10-21(11-6-17)37-13-14-38-26-24(18-3-7-19(30)8-4-18)33(2)23-15-20(31)9-12-22(23)25(26)34/h3-12,15,35H,1,13-14H2,2H3,(H,32,36). The van der Waals surface area contributed by atoms with E-state index in [0.29, 0.717) is 38.5 Å². The number of halogens is 2. The van der Waals surface area contributed by atoms with E-state index in [1.165, 1.54) is 42.5 Å². The number of benzene rings is 3. The van der Waals surface area contributed by atoms with Crippen molar-refractivity contribution >= 4 is 27.8 Å². The fourth-order valence-corrected chi connectivity index (χ4v) is 4.98. The van der Waals surface area contributed by atoms with Crippen molar-refractivity contribution in [2.75, 3.05) is 13.2 Å². The van der Waals surface area contributed by atoms with Crippen LogP contribution in [0.2, 0.25) is 0 Å². The van der Waals surface area contributed by atoms with Crippen molar-refractivity contribution in [3.05, 3.63) is 115 Å². The lowest BCUT2D eigenvalue weighted by atomic mass is 10.1. The number of nitrogens with zero attached hydrogens (tertiary/aromatic N) is 1. The molecule has 0 saturated carbocycles. The van der Waals surface area contributed by atoms with Crippen molar-refractivity contribution < 1.29 is 23.4 Å². The largest absolute Gasteiger partial charge is 0.493 e. The number of ether oxygens (including phenoxy) is 2. The Morgan fingerprint density at radius 2 is 1.64 bits per heavy atom. The van der Waals surface area contributed by atoms with Gasteiger partial charge in [-0.15, -0.1) is 0 Å².